The summed E-state index contributed by atoms with van der Waals surface area (Å²) in [5, 5.41) is 9.33. The molecule has 21 heavy (non-hydrogen) atoms. The van der Waals surface area contributed by atoms with E-state index in [0.29, 0.717) is 13.0 Å². The molecule has 6 heteroatoms. The van der Waals surface area contributed by atoms with Crippen LogP contribution in [0.1, 0.15) is 38.7 Å². The third kappa shape index (κ3) is 3.71. The summed E-state index contributed by atoms with van der Waals surface area (Å²) in [5.74, 6) is -1.04. The number of ether oxygens (including phenoxy) is 1. The average molecular weight is 292 g/mol. The van der Waals surface area contributed by atoms with Gasteiger partial charge < -0.3 is 9.84 Å². The van der Waals surface area contributed by atoms with Gasteiger partial charge in [0.15, 0.2) is 0 Å². The fourth-order valence-corrected chi connectivity index (χ4v) is 2.45. The van der Waals surface area contributed by atoms with E-state index < -0.39 is 23.7 Å². The molecule has 1 unspecified atom stereocenters. The number of nitrogens with zero attached hydrogens (tertiary/aromatic N) is 2. The van der Waals surface area contributed by atoms with Crippen LogP contribution in [0.3, 0.4) is 0 Å². The number of hydrogen-bond donors (Lipinski definition) is 1. The normalized spacial score (nSPS) is 22.1. The van der Waals surface area contributed by atoms with Crippen molar-refractivity contribution in [1.82, 2.24) is 9.88 Å². The number of hydrogen-bond acceptors (Lipinski definition) is 4. The number of aromatic nitrogens is 1. The number of carboxylic acids is 1. The highest BCUT2D eigenvalue weighted by atomic mass is 16.6. The molecule has 2 heterocycles. The second kappa shape index (κ2) is 5.71. The summed E-state index contributed by atoms with van der Waals surface area (Å²) >= 11 is 0. The van der Waals surface area contributed by atoms with Gasteiger partial charge in [-0.25, -0.2) is 9.59 Å². The van der Waals surface area contributed by atoms with E-state index in [2.05, 4.69) is 4.98 Å². The van der Waals surface area contributed by atoms with E-state index in [4.69, 9.17) is 4.74 Å². The van der Waals surface area contributed by atoms with Crippen LogP contribution in [-0.2, 0) is 9.53 Å². The molecule has 1 aliphatic heterocycles. The van der Waals surface area contributed by atoms with Crippen molar-refractivity contribution in [3.63, 3.8) is 0 Å². The van der Waals surface area contributed by atoms with Crippen LogP contribution in [0.15, 0.2) is 24.5 Å². The summed E-state index contributed by atoms with van der Waals surface area (Å²) in [5.41, 5.74) is 0.293. The molecule has 0 radical (unpaired) electrons. The molecule has 0 bridgehead atoms. The molecular weight excluding hydrogens is 272 g/mol. The summed E-state index contributed by atoms with van der Waals surface area (Å²) in [7, 11) is 0. The van der Waals surface area contributed by atoms with Crippen molar-refractivity contribution in [2.24, 2.45) is 0 Å². The zero-order valence-electron chi connectivity index (χ0n) is 12.4. The summed E-state index contributed by atoms with van der Waals surface area (Å²) < 4.78 is 5.29. The maximum atomic E-state index is 12.2. The first-order valence-electron chi connectivity index (χ1n) is 6.90. The zero-order valence-corrected chi connectivity index (χ0v) is 12.4. The molecule has 1 saturated heterocycles. The lowest BCUT2D eigenvalue weighted by atomic mass is 9.98. The van der Waals surface area contributed by atoms with E-state index in [1.54, 1.807) is 39.2 Å². The Morgan fingerprint density at radius 2 is 2.14 bits per heavy atom. The number of pyridine rings is 1. The third-order valence-electron chi connectivity index (χ3n) is 3.37. The molecule has 0 aromatic carbocycles. The first kappa shape index (κ1) is 15.3. The highest BCUT2D eigenvalue weighted by Crippen LogP contribution is 2.32. The lowest BCUT2D eigenvalue weighted by molar-refractivity contribution is -0.142. The minimum atomic E-state index is -1.01. The Morgan fingerprint density at radius 3 is 2.67 bits per heavy atom. The summed E-state index contributed by atoms with van der Waals surface area (Å²) in [6, 6.07) is 2.85. The van der Waals surface area contributed by atoms with Gasteiger partial charge in [-0.1, -0.05) is 6.07 Å². The Bertz CT molecular complexity index is 524. The Labute approximate surface area is 123 Å². The van der Waals surface area contributed by atoms with Gasteiger partial charge in [0.05, 0.1) is 0 Å². The topological polar surface area (TPSA) is 79.7 Å². The standard InChI is InChI=1S/C15H20N2O4/c1-15(2,3)21-14(20)17-9-11(7-12(17)13(18)19)10-5-4-6-16-8-10/h4-6,8,11-12H,7,9H2,1-3H3,(H,18,19)/t11?,12-/m1/s1. The molecule has 2 rings (SSSR count). The molecule has 2 atom stereocenters. The molecule has 0 saturated carbocycles. The van der Waals surface area contributed by atoms with E-state index in [1.165, 1.54) is 4.90 Å². The second-order valence-electron chi connectivity index (χ2n) is 6.21. The zero-order chi connectivity index (χ0) is 15.6. The van der Waals surface area contributed by atoms with Gasteiger partial charge in [0, 0.05) is 24.9 Å². The Kier molecular flexibility index (Phi) is 4.16. The van der Waals surface area contributed by atoms with Crippen LogP contribution in [0.2, 0.25) is 0 Å². The van der Waals surface area contributed by atoms with E-state index in [0.717, 1.165) is 5.56 Å². The molecule has 0 spiro atoms. The summed E-state index contributed by atoms with van der Waals surface area (Å²) in [6.07, 6.45) is 3.17. The van der Waals surface area contributed by atoms with Gasteiger partial charge in [-0.2, -0.15) is 0 Å². The molecule has 1 aromatic heterocycles. The van der Waals surface area contributed by atoms with Crippen molar-refractivity contribution in [2.45, 2.75) is 44.8 Å². The highest BCUT2D eigenvalue weighted by Gasteiger charge is 2.42. The lowest BCUT2D eigenvalue weighted by Gasteiger charge is -2.26. The first-order valence-corrected chi connectivity index (χ1v) is 6.90. The first-order chi connectivity index (χ1) is 9.78. The predicted molar refractivity (Wildman–Crippen MR) is 76.0 cm³/mol. The van der Waals surface area contributed by atoms with Crippen LogP contribution in [0, 0.1) is 0 Å². The number of carbonyl (C=O) groups excluding carboxylic acids is 1. The van der Waals surface area contributed by atoms with Crippen molar-refractivity contribution in [3.05, 3.63) is 30.1 Å². The summed E-state index contributed by atoms with van der Waals surface area (Å²) in [6.45, 7) is 5.61. The van der Waals surface area contributed by atoms with Gasteiger partial charge >= 0.3 is 12.1 Å². The number of carbonyl (C=O) groups is 2. The fourth-order valence-electron chi connectivity index (χ4n) is 2.45. The van der Waals surface area contributed by atoms with E-state index in [-0.39, 0.29) is 5.92 Å². The summed E-state index contributed by atoms with van der Waals surface area (Å²) in [4.78, 5) is 28.9. The highest BCUT2D eigenvalue weighted by molar-refractivity contribution is 5.81. The van der Waals surface area contributed by atoms with Crippen molar-refractivity contribution in [2.75, 3.05) is 6.54 Å². The lowest BCUT2D eigenvalue weighted by Crippen LogP contribution is -2.43. The molecule has 1 fully saturated rings. The average Bonchev–Trinajstić information content (AvgIpc) is 2.83. The number of amides is 1. The van der Waals surface area contributed by atoms with Gasteiger partial charge in [-0.05, 0) is 38.8 Å². The molecule has 1 aromatic rings. The van der Waals surface area contributed by atoms with Crippen LogP contribution < -0.4 is 0 Å². The van der Waals surface area contributed by atoms with Crippen LogP contribution in [-0.4, -0.2) is 45.2 Å². The molecule has 6 nitrogen and oxygen atoms in total. The minimum absolute atomic E-state index is 0.0349. The number of rotatable bonds is 2. The number of carboxylic acid groups (broad SMARTS) is 1. The van der Waals surface area contributed by atoms with Gasteiger partial charge in [0.1, 0.15) is 11.6 Å². The molecule has 1 aliphatic rings. The van der Waals surface area contributed by atoms with Crippen molar-refractivity contribution in [1.29, 1.82) is 0 Å². The van der Waals surface area contributed by atoms with Gasteiger partial charge in [-0.15, -0.1) is 0 Å². The SMILES string of the molecule is CC(C)(C)OC(=O)N1CC(c2cccnc2)C[C@@H]1C(=O)O. The van der Waals surface area contributed by atoms with Crippen LogP contribution in [0.25, 0.3) is 0 Å². The van der Waals surface area contributed by atoms with Crippen molar-refractivity contribution >= 4 is 12.1 Å². The fraction of sp³-hybridized carbons (Fsp3) is 0.533. The van der Waals surface area contributed by atoms with Crippen LogP contribution in [0.5, 0.6) is 0 Å². The molecule has 1 amide bonds. The third-order valence-corrected chi connectivity index (χ3v) is 3.37. The largest absolute Gasteiger partial charge is 0.480 e. The van der Waals surface area contributed by atoms with E-state index in [9.17, 15) is 14.7 Å². The quantitative estimate of drug-likeness (QED) is 0.904. The Morgan fingerprint density at radius 1 is 1.43 bits per heavy atom. The van der Waals surface area contributed by atoms with Crippen LogP contribution >= 0.6 is 0 Å². The minimum Gasteiger partial charge on any atom is -0.480 e. The monoisotopic (exact) mass is 292 g/mol. The van der Waals surface area contributed by atoms with E-state index >= 15 is 0 Å². The number of aliphatic carboxylic acids is 1. The van der Waals surface area contributed by atoms with Gasteiger partial charge in [0.2, 0.25) is 0 Å². The molecular formula is C15H20N2O4. The van der Waals surface area contributed by atoms with Gasteiger partial charge in [0.25, 0.3) is 0 Å². The Balaban J connectivity index is 2.16. The van der Waals surface area contributed by atoms with Crippen LogP contribution in [0.4, 0.5) is 4.79 Å². The molecule has 1 N–H and O–H groups in total. The smallest absolute Gasteiger partial charge is 0.411 e. The maximum absolute atomic E-state index is 12.2. The van der Waals surface area contributed by atoms with Crippen molar-refractivity contribution in [3.8, 4) is 0 Å². The maximum Gasteiger partial charge on any atom is 0.411 e. The number of likely N-dealkylation sites (tertiary alicyclic amines) is 1. The Hall–Kier alpha value is -2.11. The van der Waals surface area contributed by atoms with Crippen molar-refractivity contribution < 1.29 is 19.4 Å². The van der Waals surface area contributed by atoms with Gasteiger partial charge in [-0.3, -0.25) is 9.88 Å². The molecule has 114 valence electrons. The predicted octanol–water partition coefficient (Wildman–Crippen LogP) is 2.26. The van der Waals surface area contributed by atoms with E-state index in [1.807, 2.05) is 6.07 Å². The second-order valence-corrected chi connectivity index (χ2v) is 6.21. The molecule has 0 aliphatic carbocycles.